The summed E-state index contributed by atoms with van der Waals surface area (Å²) in [5.74, 6) is -0.195. The lowest BCUT2D eigenvalue weighted by atomic mass is 10.2. The number of nitrogens with one attached hydrogen (secondary N) is 2. The van der Waals surface area contributed by atoms with Crippen molar-refractivity contribution in [1.29, 1.82) is 0 Å². The number of hydrogen-bond donors (Lipinski definition) is 2. The minimum atomic E-state index is -0.478. The van der Waals surface area contributed by atoms with Crippen LogP contribution in [0.1, 0.15) is 13.3 Å². The summed E-state index contributed by atoms with van der Waals surface area (Å²) in [7, 11) is 0. The second-order valence-corrected chi connectivity index (χ2v) is 5.01. The van der Waals surface area contributed by atoms with Crippen LogP contribution in [0.4, 0.5) is 11.4 Å². The van der Waals surface area contributed by atoms with Crippen LogP contribution >= 0.6 is 11.3 Å². The van der Waals surface area contributed by atoms with Crippen LogP contribution in [0, 0.1) is 10.1 Å². The van der Waals surface area contributed by atoms with Crippen molar-refractivity contribution in [2.24, 2.45) is 0 Å². The van der Waals surface area contributed by atoms with Gasteiger partial charge in [-0.05, 0) is 18.6 Å². The maximum Gasteiger partial charge on any atom is 0.319 e. The number of anilines is 1. The lowest BCUT2D eigenvalue weighted by molar-refractivity contribution is -0.382. The molecule has 0 radical (unpaired) electrons. The summed E-state index contributed by atoms with van der Waals surface area (Å²) < 4.78 is 0.748. The van der Waals surface area contributed by atoms with Gasteiger partial charge in [-0.25, -0.2) is 4.98 Å². The molecule has 1 aromatic heterocycles. The van der Waals surface area contributed by atoms with E-state index in [1.54, 1.807) is 17.6 Å². The van der Waals surface area contributed by atoms with Crippen molar-refractivity contribution >= 4 is 38.8 Å². The van der Waals surface area contributed by atoms with Gasteiger partial charge in [-0.3, -0.25) is 14.9 Å². The van der Waals surface area contributed by atoms with Gasteiger partial charge in [0.1, 0.15) is 5.69 Å². The van der Waals surface area contributed by atoms with Crippen molar-refractivity contribution in [3.63, 3.8) is 0 Å². The molecule has 20 heavy (non-hydrogen) atoms. The SMILES string of the molecule is CCCNC(=O)CNc1ccc2scnc2c1[N+](=O)[O-]. The number of carbonyl (C=O) groups is 1. The molecule has 0 unspecified atom stereocenters. The lowest BCUT2D eigenvalue weighted by Crippen LogP contribution is -2.30. The molecule has 0 saturated carbocycles. The van der Waals surface area contributed by atoms with E-state index >= 15 is 0 Å². The minimum Gasteiger partial charge on any atom is -0.370 e. The van der Waals surface area contributed by atoms with Gasteiger partial charge < -0.3 is 10.6 Å². The molecule has 0 spiro atoms. The summed E-state index contributed by atoms with van der Waals surface area (Å²) in [5, 5.41) is 16.7. The highest BCUT2D eigenvalue weighted by Gasteiger charge is 2.20. The topological polar surface area (TPSA) is 97.2 Å². The predicted molar refractivity (Wildman–Crippen MR) is 78.1 cm³/mol. The molecule has 0 aliphatic heterocycles. The smallest absolute Gasteiger partial charge is 0.319 e. The maximum atomic E-state index is 11.5. The zero-order valence-electron chi connectivity index (χ0n) is 10.9. The fourth-order valence-electron chi connectivity index (χ4n) is 1.75. The number of carbonyl (C=O) groups excluding carboxylic acids is 1. The van der Waals surface area contributed by atoms with E-state index in [4.69, 9.17) is 0 Å². The van der Waals surface area contributed by atoms with Crippen molar-refractivity contribution in [3.8, 4) is 0 Å². The Morgan fingerprint density at radius 3 is 3.00 bits per heavy atom. The van der Waals surface area contributed by atoms with E-state index in [0.717, 1.165) is 11.1 Å². The Kier molecular flexibility index (Phi) is 4.46. The average molecular weight is 294 g/mol. The van der Waals surface area contributed by atoms with E-state index in [1.165, 1.54) is 11.3 Å². The van der Waals surface area contributed by atoms with Gasteiger partial charge in [-0.2, -0.15) is 0 Å². The monoisotopic (exact) mass is 294 g/mol. The van der Waals surface area contributed by atoms with Crippen LogP contribution in [0.25, 0.3) is 10.2 Å². The number of rotatable bonds is 6. The highest BCUT2D eigenvalue weighted by Crippen LogP contribution is 2.34. The van der Waals surface area contributed by atoms with Crippen molar-refractivity contribution < 1.29 is 9.72 Å². The van der Waals surface area contributed by atoms with Gasteiger partial charge >= 0.3 is 5.69 Å². The highest BCUT2D eigenvalue weighted by molar-refractivity contribution is 7.16. The molecule has 2 N–H and O–H groups in total. The minimum absolute atomic E-state index is 0.00349. The molecule has 1 heterocycles. The molecule has 7 nitrogen and oxygen atoms in total. The quantitative estimate of drug-likeness (QED) is 0.628. The van der Waals surface area contributed by atoms with E-state index in [2.05, 4.69) is 15.6 Å². The number of benzene rings is 1. The normalized spacial score (nSPS) is 10.4. The Bertz CT molecular complexity index is 641. The van der Waals surface area contributed by atoms with Crippen LogP contribution in [0.2, 0.25) is 0 Å². The number of thiazole rings is 1. The third kappa shape index (κ3) is 3.02. The summed E-state index contributed by atoms with van der Waals surface area (Å²) in [6, 6.07) is 3.36. The first-order valence-electron chi connectivity index (χ1n) is 6.14. The van der Waals surface area contributed by atoms with E-state index < -0.39 is 4.92 Å². The van der Waals surface area contributed by atoms with E-state index in [9.17, 15) is 14.9 Å². The standard InChI is InChI=1S/C12H14N4O3S/c1-2-5-13-10(17)6-14-8-3-4-9-11(15-7-20-9)12(8)16(18)19/h3-4,7,14H,2,5-6H2,1H3,(H,13,17). The molecule has 2 rings (SSSR count). The van der Waals surface area contributed by atoms with Gasteiger partial charge in [0.15, 0.2) is 5.52 Å². The third-order valence-electron chi connectivity index (χ3n) is 2.67. The summed E-state index contributed by atoms with van der Waals surface area (Å²) in [6.45, 7) is 2.54. The molecule has 8 heteroatoms. The first-order valence-corrected chi connectivity index (χ1v) is 7.02. The number of nitro groups is 1. The second kappa shape index (κ2) is 6.29. The van der Waals surface area contributed by atoms with E-state index in [1.807, 2.05) is 6.92 Å². The summed E-state index contributed by atoms with van der Waals surface area (Å²) >= 11 is 1.34. The van der Waals surface area contributed by atoms with E-state index in [0.29, 0.717) is 17.7 Å². The summed E-state index contributed by atoms with van der Waals surface area (Å²) in [5.41, 5.74) is 2.13. The number of aromatic nitrogens is 1. The zero-order chi connectivity index (χ0) is 14.5. The van der Waals surface area contributed by atoms with Crippen molar-refractivity contribution in [1.82, 2.24) is 10.3 Å². The van der Waals surface area contributed by atoms with Crippen molar-refractivity contribution in [2.75, 3.05) is 18.4 Å². The number of amides is 1. The Morgan fingerprint density at radius 2 is 2.30 bits per heavy atom. The van der Waals surface area contributed by atoms with Crippen LogP contribution in [0.5, 0.6) is 0 Å². The number of nitrogens with zero attached hydrogens (tertiary/aromatic N) is 2. The maximum absolute atomic E-state index is 11.5. The van der Waals surface area contributed by atoms with Crippen molar-refractivity contribution in [3.05, 3.63) is 27.8 Å². The summed E-state index contributed by atoms with van der Waals surface area (Å²) in [4.78, 5) is 26.2. The number of hydrogen-bond acceptors (Lipinski definition) is 6. The first kappa shape index (κ1) is 14.2. The molecule has 2 aromatic rings. The second-order valence-electron chi connectivity index (χ2n) is 4.12. The molecular formula is C12H14N4O3S. The Morgan fingerprint density at radius 1 is 1.50 bits per heavy atom. The predicted octanol–water partition coefficient (Wildman–Crippen LogP) is 2.14. The number of fused-ring (bicyclic) bond motifs is 1. The molecule has 0 aliphatic rings. The molecule has 0 bridgehead atoms. The molecule has 0 aliphatic carbocycles. The first-order chi connectivity index (χ1) is 9.63. The van der Waals surface area contributed by atoms with Crippen LogP contribution < -0.4 is 10.6 Å². The Balaban J connectivity index is 2.19. The van der Waals surface area contributed by atoms with Crippen LogP contribution in [-0.2, 0) is 4.79 Å². The van der Waals surface area contributed by atoms with Gasteiger partial charge in [0, 0.05) is 6.54 Å². The fourth-order valence-corrected chi connectivity index (χ4v) is 2.43. The third-order valence-corrected chi connectivity index (χ3v) is 3.46. The van der Waals surface area contributed by atoms with Gasteiger partial charge in [0.05, 0.1) is 21.7 Å². The van der Waals surface area contributed by atoms with Crippen LogP contribution in [0.3, 0.4) is 0 Å². The van der Waals surface area contributed by atoms with Gasteiger partial charge in [-0.15, -0.1) is 11.3 Å². The molecule has 106 valence electrons. The van der Waals surface area contributed by atoms with Gasteiger partial charge in [0.25, 0.3) is 0 Å². The zero-order valence-corrected chi connectivity index (χ0v) is 11.7. The fraction of sp³-hybridized carbons (Fsp3) is 0.333. The molecular weight excluding hydrogens is 280 g/mol. The van der Waals surface area contributed by atoms with Crippen LogP contribution in [-0.4, -0.2) is 28.9 Å². The molecule has 0 fully saturated rings. The van der Waals surface area contributed by atoms with E-state index in [-0.39, 0.29) is 18.1 Å². The van der Waals surface area contributed by atoms with Crippen molar-refractivity contribution in [2.45, 2.75) is 13.3 Å². The lowest BCUT2D eigenvalue weighted by Gasteiger charge is -2.07. The molecule has 0 atom stereocenters. The number of nitro benzene ring substituents is 1. The van der Waals surface area contributed by atoms with Gasteiger partial charge in [0.2, 0.25) is 5.91 Å². The molecule has 0 saturated heterocycles. The largest absolute Gasteiger partial charge is 0.370 e. The average Bonchev–Trinajstić information content (AvgIpc) is 2.89. The molecule has 1 amide bonds. The summed E-state index contributed by atoms with van der Waals surface area (Å²) in [6.07, 6.45) is 0.844. The molecule has 1 aromatic carbocycles. The Labute approximate surface area is 119 Å². The Hall–Kier alpha value is -2.22. The van der Waals surface area contributed by atoms with Crippen LogP contribution in [0.15, 0.2) is 17.6 Å². The van der Waals surface area contributed by atoms with Gasteiger partial charge in [-0.1, -0.05) is 6.92 Å². The highest BCUT2D eigenvalue weighted by atomic mass is 32.1.